The second kappa shape index (κ2) is 5.61. The van der Waals surface area contributed by atoms with Crippen molar-refractivity contribution in [2.24, 2.45) is 11.8 Å². The highest BCUT2D eigenvalue weighted by atomic mass is 16.5. The van der Waals surface area contributed by atoms with Gasteiger partial charge in [0.25, 0.3) is 0 Å². The lowest BCUT2D eigenvalue weighted by atomic mass is 10.0. The molecular formula is C15H20N2O2. The number of amides is 1. The molecule has 1 aliphatic heterocycles. The van der Waals surface area contributed by atoms with Gasteiger partial charge in [0, 0.05) is 25.2 Å². The Bertz CT molecular complexity index is 453. The fourth-order valence-corrected chi connectivity index (χ4v) is 2.08. The summed E-state index contributed by atoms with van der Waals surface area (Å²) in [5.41, 5.74) is 1.06. The van der Waals surface area contributed by atoms with Crippen LogP contribution in [0.4, 0.5) is 0 Å². The zero-order valence-electron chi connectivity index (χ0n) is 11.0. The minimum Gasteiger partial charge on any atom is -0.493 e. The van der Waals surface area contributed by atoms with Crippen LogP contribution in [0.25, 0.3) is 0 Å². The van der Waals surface area contributed by atoms with Crippen molar-refractivity contribution in [1.82, 2.24) is 10.6 Å². The maximum absolute atomic E-state index is 11.8. The minimum absolute atomic E-state index is 0.135. The van der Waals surface area contributed by atoms with Crippen LogP contribution in [-0.2, 0) is 11.3 Å². The van der Waals surface area contributed by atoms with Gasteiger partial charge in [0.1, 0.15) is 5.75 Å². The van der Waals surface area contributed by atoms with Gasteiger partial charge in [-0.15, -0.1) is 0 Å². The van der Waals surface area contributed by atoms with Gasteiger partial charge in [0.15, 0.2) is 0 Å². The zero-order chi connectivity index (χ0) is 13.1. The molecule has 4 heteroatoms. The summed E-state index contributed by atoms with van der Waals surface area (Å²) in [6.07, 6.45) is 2.57. The fourth-order valence-electron chi connectivity index (χ4n) is 2.08. The first-order valence-corrected chi connectivity index (χ1v) is 7.02. The van der Waals surface area contributed by atoms with E-state index in [9.17, 15) is 4.79 Å². The molecule has 2 aliphatic rings. The number of carbonyl (C=O) groups is 1. The molecule has 1 aromatic carbocycles. The smallest absolute Gasteiger partial charge is 0.225 e. The van der Waals surface area contributed by atoms with Crippen LogP contribution in [0, 0.1) is 11.8 Å². The molecule has 4 nitrogen and oxygen atoms in total. The summed E-state index contributed by atoms with van der Waals surface area (Å²) >= 11 is 0. The summed E-state index contributed by atoms with van der Waals surface area (Å²) in [5, 5.41) is 6.09. The van der Waals surface area contributed by atoms with E-state index < -0.39 is 0 Å². The Hall–Kier alpha value is -1.55. The van der Waals surface area contributed by atoms with E-state index >= 15 is 0 Å². The van der Waals surface area contributed by atoms with Gasteiger partial charge in [-0.3, -0.25) is 4.79 Å². The van der Waals surface area contributed by atoms with Crippen LogP contribution in [-0.4, -0.2) is 25.6 Å². The Labute approximate surface area is 113 Å². The van der Waals surface area contributed by atoms with Gasteiger partial charge >= 0.3 is 0 Å². The molecule has 1 aliphatic carbocycles. The first kappa shape index (κ1) is 12.5. The summed E-state index contributed by atoms with van der Waals surface area (Å²) in [7, 11) is 0. The molecular weight excluding hydrogens is 240 g/mol. The number of carbonyl (C=O) groups excluding carboxylic acids is 1. The minimum atomic E-state index is 0.135. The molecule has 0 unspecified atom stereocenters. The van der Waals surface area contributed by atoms with Crippen LogP contribution in [0.5, 0.6) is 5.75 Å². The van der Waals surface area contributed by atoms with E-state index in [0.29, 0.717) is 6.54 Å². The topological polar surface area (TPSA) is 50.4 Å². The van der Waals surface area contributed by atoms with Gasteiger partial charge < -0.3 is 15.4 Å². The second-order valence-electron chi connectivity index (χ2n) is 5.44. The van der Waals surface area contributed by atoms with E-state index in [1.54, 1.807) is 0 Å². The van der Waals surface area contributed by atoms with Gasteiger partial charge in [-0.25, -0.2) is 0 Å². The van der Waals surface area contributed by atoms with E-state index in [0.717, 1.165) is 36.9 Å². The van der Waals surface area contributed by atoms with Crippen LogP contribution in [0.1, 0.15) is 18.4 Å². The highest BCUT2D eigenvalue weighted by Gasteiger charge is 2.25. The number of ether oxygens (including phenoxy) is 1. The fraction of sp³-hybridized carbons (Fsp3) is 0.533. The number of para-hydroxylation sites is 1. The van der Waals surface area contributed by atoms with Crippen molar-refractivity contribution in [3.05, 3.63) is 29.8 Å². The molecule has 0 bridgehead atoms. The van der Waals surface area contributed by atoms with Crippen molar-refractivity contribution in [3.63, 3.8) is 0 Å². The molecule has 1 aromatic rings. The summed E-state index contributed by atoms with van der Waals surface area (Å²) < 4.78 is 5.83. The zero-order valence-corrected chi connectivity index (χ0v) is 11.0. The monoisotopic (exact) mass is 260 g/mol. The molecule has 1 saturated heterocycles. The molecule has 0 radical (unpaired) electrons. The Kier molecular flexibility index (Phi) is 3.69. The predicted octanol–water partition coefficient (Wildman–Crippen LogP) is 1.31. The van der Waals surface area contributed by atoms with Gasteiger partial charge in [0.05, 0.1) is 12.5 Å². The Balaban J connectivity index is 1.54. The van der Waals surface area contributed by atoms with Crippen molar-refractivity contribution < 1.29 is 9.53 Å². The lowest BCUT2D eigenvalue weighted by Crippen LogP contribution is -2.50. The van der Waals surface area contributed by atoms with Gasteiger partial charge in [-0.2, -0.15) is 0 Å². The highest BCUT2D eigenvalue weighted by molar-refractivity contribution is 5.80. The molecule has 2 N–H and O–H groups in total. The lowest BCUT2D eigenvalue weighted by Gasteiger charge is -2.25. The van der Waals surface area contributed by atoms with Crippen LogP contribution in [0.15, 0.2) is 24.3 Å². The quantitative estimate of drug-likeness (QED) is 0.811. The highest BCUT2D eigenvalue weighted by Crippen LogP contribution is 2.30. The van der Waals surface area contributed by atoms with Gasteiger partial charge in [0.2, 0.25) is 5.91 Å². The number of rotatable bonds is 6. The normalized spacial score (nSPS) is 18.7. The van der Waals surface area contributed by atoms with Crippen molar-refractivity contribution in [2.45, 2.75) is 19.4 Å². The Morgan fingerprint density at radius 2 is 2.11 bits per heavy atom. The summed E-state index contributed by atoms with van der Waals surface area (Å²) in [5.74, 6) is 1.92. The third kappa shape index (κ3) is 3.26. The van der Waals surface area contributed by atoms with Crippen LogP contribution in [0.2, 0.25) is 0 Å². The summed E-state index contributed by atoms with van der Waals surface area (Å²) in [6.45, 7) is 2.95. The largest absolute Gasteiger partial charge is 0.493 e. The Morgan fingerprint density at radius 3 is 2.79 bits per heavy atom. The maximum atomic E-state index is 11.8. The van der Waals surface area contributed by atoms with E-state index in [1.807, 2.05) is 24.3 Å². The average molecular weight is 260 g/mol. The molecule has 0 atom stereocenters. The number of hydrogen-bond donors (Lipinski definition) is 2. The molecule has 2 fully saturated rings. The molecule has 3 rings (SSSR count). The van der Waals surface area contributed by atoms with Crippen LogP contribution >= 0.6 is 0 Å². The number of benzene rings is 1. The second-order valence-corrected chi connectivity index (χ2v) is 5.44. The Morgan fingerprint density at radius 1 is 1.32 bits per heavy atom. The van der Waals surface area contributed by atoms with Crippen LogP contribution in [0.3, 0.4) is 0 Å². The average Bonchev–Trinajstić information content (AvgIpc) is 3.16. The standard InChI is InChI=1S/C15H20N2O2/c18-15(13-7-16-8-13)17-9-12-3-1-2-4-14(12)19-10-11-5-6-11/h1-4,11,13,16H,5-10H2,(H,17,18). The summed E-state index contributed by atoms with van der Waals surface area (Å²) in [6, 6.07) is 7.95. The lowest BCUT2D eigenvalue weighted by molar-refractivity contribution is -0.126. The SMILES string of the molecule is O=C(NCc1ccccc1OCC1CC1)C1CNC1. The number of hydrogen-bond acceptors (Lipinski definition) is 3. The van der Waals surface area contributed by atoms with Crippen molar-refractivity contribution in [1.29, 1.82) is 0 Å². The van der Waals surface area contributed by atoms with E-state index in [4.69, 9.17) is 4.74 Å². The van der Waals surface area contributed by atoms with Gasteiger partial charge in [-0.05, 0) is 24.8 Å². The molecule has 102 valence electrons. The van der Waals surface area contributed by atoms with Crippen molar-refractivity contribution in [3.8, 4) is 5.75 Å². The van der Waals surface area contributed by atoms with E-state index in [-0.39, 0.29) is 11.8 Å². The van der Waals surface area contributed by atoms with E-state index in [1.165, 1.54) is 12.8 Å². The first-order valence-electron chi connectivity index (χ1n) is 7.02. The van der Waals surface area contributed by atoms with Crippen LogP contribution < -0.4 is 15.4 Å². The van der Waals surface area contributed by atoms with Gasteiger partial charge in [-0.1, -0.05) is 18.2 Å². The third-order valence-corrected chi connectivity index (χ3v) is 3.75. The molecule has 1 heterocycles. The number of nitrogens with one attached hydrogen (secondary N) is 2. The predicted molar refractivity (Wildman–Crippen MR) is 72.9 cm³/mol. The van der Waals surface area contributed by atoms with E-state index in [2.05, 4.69) is 10.6 Å². The molecule has 0 spiro atoms. The van der Waals surface area contributed by atoms with Crippen molar-refractivity contribution in [2.75, 3.05) is 19.7 Å². The molecule has 1 amide bonds. The maximum Gasteiger partial charge on any atom is 0.225 e. The molecule has 0 aromatic heterocycles. The molecule has 19 heavy (non-hydrogen) atoms. The summed E-state index contributed by atoms with van der Waals surface area (Å²) in [4.78, 5) is 11.8. The third-order valence-electron chi connectivity index (χ3n) is 3.75. The molecule has 1 saturated carbocycles. The first-order chi connectivity index (χ1) is 9.33. The van der Waals surface area contributed by atoms with Crippen molar-refractivity contribution >= 4 is 5.91 Å².